The van der Waals surface area contributed by atoms with Gasteiger partial charge in [0.05, 0.1) is 22.7 Å². The summed E-state index contributed by atoms with van der Waals surface area (Å²) in [5, 5.41) is 10.8. The molecule has 0 bridgehead atoms. The van der Waals surface area contributed by atoms with Crippen molar-refractivity contribution in [3.63, 3.8) is 0 Å². The zero-order chi connectivity index (χ0) is 22.1. The Hall–Kier alpha value is -3.16. The van der Waals surface area contributed by atoms with E-state index >= 15 is 0 Å². The van der Waals surface area contributed by atoms with Gasteiger partial charge in [0.2, 0.25) is 5.91 Å². The van der Waals surface area contributed by atoms with E-state index in [-0.39, 0.29) is 11.7 Å². The minimum atomic E-state index is -0.0860. The first-order valence-electron chi connectivity index (χ1n) is 10.1. The van der Waals surface area contributed by atoms with Crippen molar-refractivity contribution in [2.75, 3.05) is 11.1 Å². The van der Waals surface area contributed by atoms with Crippen LogP contribution in [-0.2, 0) is 4.79 Å². The largest absolute Gasteiger partial charge is 0.324 e. The highest BCUT2D eigenvalue weighted by Crippen LogP contribution is 2.31. The highest BCUT2D eigenvalue weighted by atomic mass is 79.9. The second-order valence-electron chi connectivity index (χ2n) is 7.44. The molecule has 5 rings (SSSR count). The van der Waals surface area contributed by atoms with E-state index in [4.69, 9.17) is 5.10 Å². The third kappa shape index (κ3) is 4.13. The van der Waals surface area contributed by atoms with Crippen molar-refractivity contribution in [3.8, 4) is 11.3 Å². The summed E-state index contributed by atoms with van der Waals surface area (Å²) >= 11 is 4.90. The monoisotopic (exact) mass is 502 g/mol. The summed E-state index contributed by atoms with van der Waals surface area (Å²) < 4.78 is 2.69. The van der Waals surface area contributed by atoms with Crippen LogP contribution in [0.1, 0.15) is 5.56 Å². The van der Waals surface area contributed by atoms with Crippen LogP contribution in [-0.4, -0.2) is 26.3 Å². The van der Waals surface area contributed by atoms with Crippen LogP contribution >= 0.6 is 27.7 Å². The summed E-state index contributed by atoms with van der Waals surface area (Å²) in [6.45, 7) is 2.01. The Labute approximate surface area is 198 Å². The van der Waals surface area contributed by atoms with Gasteiger partial charge < -0.3 is 5.32 Å². The number of fused-ring (bicyclic) bond motifs is 2. The Morgan fingerprint density at radius 2 is 1.94 bits per heavy atom. The first-order chi connectivity index (χ1) is 15.6. The molecule has 0 aliphatic rings. The van der Waals surface area contributed by atoms with Crippen LogP contribution in [0.5, 0.6) is 0 Å². The molecule has 7 heteroatoms. The van der Waals surface area contributed by atoms with Crippen LogP contribution in [0, 0.1) is 6.92 Å². The quantitative estimate of drug-likeness (QED) is 0.284. The minimum absolute atomic E-state index is 0.0860. The van der Waals surface area contributed by atoms with E-state index in [0.29, 0.717) is 0 Å². The Morgan fingerprint density at radius 1 is 1.09 bits per heavy atom. The molecule has 5 aromatic rings. The summed E-state index contributed by atoms with van der Waals surface area (Å²) in [6, 6.07) is 22.4. The average molecular weight is 503 g/mol. The third-order valence-electron chi connectivity index (χ3n) is 5.16. The van der Waals surface area contributed by atoms with E-state index in [9.17, 15) is 4.79 Å². The lowest BCUT2D eigenvalue weighted by atomic mass is 10.0. The number of aryl methyl sites for hydroxylation is 1. The maximum atomic E-state index is 12.5. The molecule has 0 unspecified atom stereocenters. The van der Waals surface area contributed by atoms with Gasteiger partial charge in [-0.1, -0.05) is 60.3 Å². The number of aromatic nitrogens is 3. The molecule has 2 aromatic heterocycles. The van der Waals surface area contributed by atoms with Crippen molar-refractivity contribution in [1.82, 2.24) is 14.6 Å². The van der Waals surface area contributed by atoms with Crippen molar-refractivity contribution < 1.29 is 4.79 Å². The Bertz CT molecular complexity index is 1460. The van der Waals surface area contributed by atoms with Gasteiger partial charge in [0.25, 0.3) is 0 Å². The van der Waals surface area contributed by atoms with Crippen molar-refractivity contribution in [3.05, 3.63) is 89.2 Å². The molecule has 0 saturated carbocycles. The van der Waals surface area contributed by atoms with Crippen LogP contribution in [0.25, 0.3) is 27.5 Å². The molecule has 0 spiro atoms. The maximum absolute atomic E-state index is 12.5. The lowest BCUT2D eigenvalue weighted by molar-refractivity contribution is -0.113. The zero-order valence-electron chi connectivity index (χ0n) is 17.2. The molecule has 158 valence electrons. The molecule has 32 heavy (non-hydrogen) atoms. The Morgan fingerprint density at radius 3 is 2.81 bits per heavy atom. The normalized spacial score (nSPS) is 11.2. The van der Waals surface area contributed by atoms with Crippen LogP contribution in [0.3, 0.4) is 0 Å². The number of thioether (sulfide) groups is 1. The van der Waals surface area contributed by atoms with Gasteiger partial charge in [-0.25, -0.2) is 9.50 Å². The molecule has 0 fully saturated rings. The van der Waals surface area contributed by atoms with Crippen molar-refractivity contribution in [2.45, 2.75) is 11.9 Å². The van der Waals surface area contributed by atoms with Crippen molar-refractivity contribution in [1.29, 1.82) is 0 Å². The number of carbonyl (C=O) groups is 1. The molecule has 0 radical (unpaired) electrons. The van der Waals surface area contributed by atoms with Crippen LogP contribution in [0.15, 0.2) is 88.6 Å². The van der Waals surface area contributed by atoms with Gasteiger partial charge >= 0.3 is 0 Å². The average Bonchev–Trinajstić information content (AvgIpc) is 3.24. The minimum Gasteiger partial charge on any atom is -0.324 e. The zero-order valence-corrected chi connectivity index (χ0v) is 19.7. The van der Waals surface area contributed by atoms with Gasteiger partial charge in [-0.2, -0.15) is 5.10 Å². The van der Waals surface area contributed by atoms with Gasteiger partial charge in [0.1, 0.15) is 5.03 Å². The molecule has 0 atom stereocenters. The number of carbonyl (C=O) groups excluding carboxylic acids is 1. The molecule has 3 aromatic carbocycles. The predicted molar refractivity (Wildman–Crippen MR) is 134 cm³/mol. The molecule has 5 nitrogen and oxygen atoms in total. The number of nitrogens with zero attached hydrogens (tertiary/aromatic N) is 3. The highest BCUT2D eigenvalue weighted by Gasteiger charge is 2.13. The first kappa shape index (κ1) is 20.7. The fourth-order valence-corrected chi connectivity index (χ4v) is 5.00. The third-order valence-corrected chi connectivity index (χ3v) is 6.81. The number of halogens is 1. The number of hydrogen-bond acceptors (Lipinski definition) is 4. The predicted octanol–water partition coefficient (Wildman–Crippen LogP) is 6.35. The molecule has 0 aliphatic heterocycles. The number of nitrogens with one attached hydrogen (secondary N) is 1. The molecular weight excluding hydrogens is 484 g/mol. The van der Waals surface area contributed by atoms with Crippen LogP contribution in [0.2, 0.25) is 0 Å². The molecule has 2 heterocycles. The molecule has 0 aliphatic carbocycles. The molecular formula is C25H19BrN4OS. The van der Waals surface area contributed by atoms with Crippen LogP contribution in [0.4, 0.5) is 5.69 Å². The highest BCUT2D eigenvalue weighted by molar-refractivity contribution is 9.10. The fraction of sp³-hybridized carbons (Fsp3) is 0.0800. The fourth-order valence-electron chi connectivity index (χ4n) is 3.63. The summed E-state index contributed by atoms with van der Waals surface area (Å²) in [5.74, 6) is 0.166. The van der Waals surface area contributed by atoms with E-state index < -0.39 is 0 Å². The Balaban J connectivity index is 1.39. The van der Waals surface area contributed by atoms with E-state index in [1.54, 1.807) is 6.20 Å². The van der Waals surface area contributed by atoms with E-state index in [1.807, 2.05) is 60.1 Å². The SMILES string of the molecule is Cc1ccc(NC(=O)CSc2nccn3nc(-c4cccc5ccccc45)cc23)c(Br)c1. The van der Waals surface area contributed by atoms with Crippen molar-refractivity contribution >= 4 is 55.6 Å². The van der Waals surface area contributed by atoms with Crippen LogP contribution < -0.4 is 5.32 Å². The van der Waals surface area contributed by atoms with Crippen molar-refractivity contribution in [2.24, 2.45) is 0 Å². The maximum Gasteiger partial charge on any atom is 0.234 e. The van der Waals surface area contributed by atoms with E-state index in [2.05, 4.69) is 50.5 Å². The number of amides is 1. The van der Waals surface area contributed by atoms with Gasteiger partial charge in [-0.15, -0.1) is 0 Å². The second-order valence-corrected chi connectivity index (χ2v) is 9.26. The summed E-state index contributed by atoms with van der Waals surface area (Å²) in [4.78, 5) is 17.0. The van der Waals surface area contributed by atoms with Gasteiger partial charge in [0, 0.05) is 22.4 Å². The number of hydrogen-bond donors (Lipinski definition) is 1. The number of rotatable bonds is 5. The lowest BCUT2D eigenvalue weighted by Gasteiger charge is -2.08. The molecule has 1 amide bonds. The van der Waals surface area contributed by atoms with Gasteiger partial charge in [-0.3, -0.25) is 4.79 Å². The summed E-state index contributed by atoms with van der Waals surface area (Å²) in [5.41, 5.74) is 4.72. The lowest BCUT2D eigenvalue weighted by Crippen LogP contribution is -2.14. The van der Waals surface area contributed by atoms with E-state index in [1.165, 1.54) is 17.1 Å². The topological polar surface area (TPSA) is 59.3 Å². The summed E-state index contributed by atoms with van der Waals surface area (Å²) in [6.07, 6.45) is 3.54. The van der Waals surface area contributed by atoms with Gasteiger partial charge in [-0.05, 0) is 57.4 Å². The molecule has 0 saturated heterocycles. The standard InChI is InChI=1S/C25H19BrN4OS/c1-16-9-10-21(20(26)13-16)28-24(31)15-32-25-23-14-22(29-30(23)12-11-27-25)19-8-4-6-17-5-2-3-7-18(17)19/h2-14H,15H2,1H3,(H,28,31). The van der Waals surface area contributed by atoms with Gasteiger partial charge in [0.15, 0.2) is 0 Å². The second kappa shape index (κ2) is 8.76. The molecule has 1 N–H and O–H groups in total. The smallest absolute Gasteiger partial charge is 0.234 e. The Kier molecular flexibility index (Phi) is 5.68. The first-order valence-corrected chi connectivity index (χ1v) is 11.9. The number of anilines is 1. The number of benzene rings is 3. The van der Waals surface area contributed by atoms with E-state index in [0.717, 1.165) is 42.9 Å². The summed E-state index contributed by atoms with van der Waals surface area (Å²) in [7, 11) is 0.